The monoisotopic (exact) mass is 825 g/mol. The van der Waals surface area contributed by atoms with E-state index in [-0.39, 0.29) is 58.3 Å². The molecule has 0 unspecified atom stereocenters. The van der Waals surface area contributed by atoms with E-state index in [4.69, 9.17) is 15.3 Å². The van der Waals surface area contributed by atoms with Crippen molar-refractivity contribution in [1.82, 2.24) is 10.9 Å². The summed E-state index contributed by atoms with van der Waals surface area (Å²) >= 11 is 0. The van der Waals surface area contributed by atoms with Crippen LogP contribution in [0.4, 0.5) is 11.4 Å². The number of aliphatic hydroxyl groups excluding tert-OH is 3. The molecule has 14 nitrogen and oxygen atoms in total. The minimum absolute atomic E-state index is 0. The summed E-state index contributed by atoms with van der Waals surface area (Å²) < 4.78 is 0. The van der Waals surface area contributed by atoms with Crippen molar-refractivity contribution in [2.45, 2.75) is 27.7 Å². The van der Waals surface area contributed by atoms with E-state index in [1.54, 1.807) is 72.8 Å². The van der Waals surface area contributed by atoms with Crippen LogP contribution in [-0.2, 0) is 17.1 Å². The molecule has 55 heavy (non-hydrogen) atoms. The van der Waals surface area contributed by atoms with Crippen molar-refractivity contribution in [2.75, 3.05) is 57.3 Å². The zero-order valence-corrected chi connectivity index (χ0v) is 34.1. The Morgan fingerprint density at radius 2 is 0.873 bits per heavy atom. The molecule has 4 aromatic rings. The number of halogens is 1. The molecule has 0 fully saturated rings. The molecule has 1 radical (unpaired) electrons. The van der Waals surface area contributed by atoms with Gasteiger partial charge < -0.3 is 53.2 Å². The number of benzene rings is 4. The molecule has 2 amide bonds. The second-order valence-corrected chi connectivity index (χ2v) is 9.92. The first-order valence-corrected chi connectivity index (χ1v) is 16.5. The predicted molar refractivity (Wildman–Crippen MR) is 210 cm³/mol. The third kappa shape index (κ3) is 20.3. The van der Waals surface area contributed by atoms with Crippen molar-refractivity contribution in [3.63, 3.8) is 0 Å². The summed E-state index contributed by atoms with van der Waals surface area (Å²) in [5.41, 5.74) is 8.53. The number of hydrazone groups is 2. The summed E-state index contributed by atoms with van der Waals surface area (Å²) in [7, 11) is 3.00. The second-order valence-electron chi connectivity index (χ2n) is 9.92. The Labute approximate surface area is 341 Å². The first-order valence-electron chi connectivity index (χ1n) is 16.5. The van der Waals surface area contributed by atoms with Gasteiger partial charge in [-0.25, -0.2) is 10.9 Å². The zero-order chi connectivity index (χ0) is 39.3. The molecule has 16 heteroatoms. The predicted octanol–water partition coefficient (Wildman–Crippen LogP) is -0.257. The maximum Gasteiger partial charge on any atom is 3.00 e. The van der Waals surface area contributed by atoms with Crippen LogP contribution >= 0.6 is 0 Å². The van der Waals surface area contributed by atoms with E-state index < -0.39 is 0 Å². The van der Waals surface area contributed by atoms with Crippen LogP contribution in [0.2, 0.25) is 0 Å². The molecule has 0 aliphatic carbocycles. The largest absolute Gasteiger partial charge is 3.00 e. The van der Waals surface area contributed by atoms with E-state index >= 15 is 0 Å². The van der Waals surface area contributed by atoms with Crippen molar-refractivity contribution in [3.8, 4) is 11.5 Å². The summed E-state index contributed by atoms with van der Waals surface area (Å²) in [6.45, 7) is 11.6. The van der Waals surface area contributed by atoms with Crippen LogP contribution in [0.1, 0.15) is 59.5 Å². The molecule has 0 heterocycles. The summed E-state index contributed by atoms with van der Waals surface area (Å²) in [5.74, 6) is -0.859. The Kier molecular flexibility index (Phi) is 35.9. The van der Waals surface area contributed by atoms with Crippen LogP contribution in [-0.4, -0.2) is 92.5 Å². The Morgan fingerprint density at radius 1 is 0.582 bits per heavy atom. The Hall–Kier alpha value is -4.99. The first kappa shape index (κ1) is 56.7. The van der Waals surface area contributed by atoms with Gasteiger partial charge in [0.25, 0.3) is 11.8 Å². The summed E-state index contributed by atoms with van der Waals surface area (Å²) in [5, 5.41) is 52.9. The van der Waals surface area contributed by atoms with Gasteiger partial charge in [-0.05, 0) is 87.4 Å². The van der Waals surface area contributed by atoms with Gasteiger partial charge in [-0.2, -0.15) is 10.2 Å². The zero-order valence-electron chi connectivity index (χ0n) is 32.2. The van der Waals surface area contributed by atoms with Crippen LogP contribution in [0.15, 0.2) is 107 Å². The van der Waals surface area contributed by atoms with Gasteiger partial charge in [-0.15, -0.1) is 0 Å². The standard InChI is InChI=1S/2C18H21N3O2.3CH4O.ClH.Fe.H2O/c2*1-3-21(4-2)16-11-10-15(17(22)12-16)13-19-20-18(23)14-8-6-5-7-9-14;3*1-2;;;/h2*5-13,22H,3-4H2,1-2H3,(H,20,23);3*2H,1H3;1H;;1H2/q;;;;;;+3;/p-3/b2*19-13+;;;;;;. The molecular formula is C39H54ClFeN6O8. The number of anilines is 2. The van der Waals surface area contributed by atoms with Crippen molar-refractivity contribution in [2.24, 2.45) is 10.2 Å². The van der Waals surface area contributed by atoms with Crippen LogP contribution in [0.3, 0.4) is 0 Å². The van der Waals surface area contributed by atoms with Crippen LogP contribution < -0.4 is 43.3 Å². The number of hydrogen-bond acceptors (Lipinski definition) is 11. The van der Waals surface area contributed by atoms with Gasteiger partial charge in [0.2, 0.25) is 0 Å². The maximum absolute atomic E-state index is 12.1. The SMILES string of the molecule is CCN(CC)c1ccc(/C=N/NC(=O)c2ccccc2)c([O-])c1.CCN(CC)c1ccc(/C=N/NC(=O)c2ccccc2)c([O-])c1.CO.CO.CO.O.[Cl-].[Fe+3]. The number of rotatable bonds is 12. The maximum atomic E-state index is 12.1. The summed E-state index contributed by atoms with van der Waals surface area (Å²) in [6, 6.07) is 28.0. The van der Waals surface area contributed by atoms with E-state index in [1.165, 1.54) is 12.4 Å². The fraction of sp³-hybridized carbons (Fsp3) is 0.282. The molecule has 0 saturated heterocycles. The third-order valence-corrected chi connectivity index (χ3v) is 7.06. The average molecular weight is 826 g/mol. The second kappa shape index (κ2) is 34.8. The van der Waals surface area contributed by atoms with Gasteiger partial charge >= 0.3 is 17.1 Å². The van der Waals surface area contributed by atoms with E-state index in [1.807, 2.05) is 52.0 Å². The van der Waals surface area contributed by atoms with Gasteiger partial charge in [0.1, 0.15) is 0 Å². The normalized spacial score (nSPS) is 9.27. The minimum Gasteiger partial charge on any atom is -1.00 e. The molecule has 0 aliphatic heterocycles. The third-order valence-electron chi connectivity index (χ3n) is 7.06. The summed E-state index contributed by atoms with van der Waals surface area (Å²) in [4.78, 5) is 27.9. The molecule has 0 saturated carbocycles. The van der Waals surface area contributed by atoms with Crippen molar-refractivity contribution in [3.05, 3.63) is 119 Å². The number of hydrogen-bond donors (Lipinski definition) is 5. The smallest absolute Gasteiger partial charge is 1.00 e. The topological polar surface area (TPSA) is 228 Å². The Balaban J connectivity index is -0.000000397. The number of nitrogens with one attached hydrogen (secondary N) is 2. The van der Waals surface area contributed by atoms with Gasteiger partial charge in [-0.3, -0.25) is 9.59 Å². The average Bonchev–Trinajstić information content (AvgIpc) is 3.20. The number of amides is 2. The molecule has 7 N–H and O–H groups in total. The Morgan fingerprint density at radius 3 is 1.13 bits per heavy atom. The van der Waals surface area contributed by atoms with Gasteiger partial charge in [0.15, 0.2) is 0 Å². The molecule has 0 aromatic heterocycles. The molecule has 4 rings (SSSR count). The number of carbonyl (C=O) groups is 2. The van der Waals surface area contributed by atoms with E-state index in [0.29, 0.717) is 22.3 Å². The van der Waals surface area contributed by atoms with Crippen molar-refractivity contribution >= 4 is 35.6 Å². The molecule has 4 aromatic carbocycles. The Bertz CT molecular complexity index is 1510. The van der Waals surface area contributed by atoms with E-state index in [0.717, 1.165) is 58.9 Å². The van der Waals surface area contributed by atoms with E-state index in [9.17, 15) is 19.8 Å². The first-order chi connectivity index (χ1) is 25.3. The number of nitrogens with zero attached hydrogens (tertiary/aromatic N) is 4. The quantitative estimate of drug-likeness (QED) is 0.0720. The van der Waals surface area contributed by atoms with Crippen molar-refractivity contribution < 1.29 is 70.1 Å². The van der Waals surface area contributed by atoms with Gasteiger partial charge in [0.05, 0.1) is 12.4 Å². The molecule has 0 bridgehead atoms. The number of aliphatic hydroxyl groups is 3. The van der Waals surface area contributed by atoms with E-state index in [2.05, 4.69) is 30.9 Å². The van der Waals surface area contributed by atoms with Gasteiger partial charge in [0, 0.05) is 70.0 Å². The molecule has 0 spiro atoms. The van der Waals surface area contributed by atoms with Crippen LogP contribution in [0.5, 0.6) is 11.5 Å². The molecule has 0 atom stereocenters. The molecule has 0 aliphatic rings. The van der Waals surface area contributed by atoms with Crippen LogP contribution in [0, 0.1) is 0 Å². The van der Waals surface area contributed by atoms with Crippen molar-refractivity contribution in [1.29, 1.82) is 0 Å². The molecular weight excluding hydrogens is 772 g/mol. The van der Waals surface area contributed by atoms with Crippen LogP contribution in [0.25, 0.3) is 0 Å². The minimum atomic E-state index is -0.311. The fourth-order valence-corrected chi connectivity index (χ4v) is 4.46. The number of carbonyl (C=O) groups excluding carboxylic acids is 2. The summed E-state index contributed by atoms with van der Waals surface area (Å²) in [6.07, 6.45) is 2.74. The fourth-order valence-electron chi connectivity index (χ4n) is 4.46. The molecule has 303 valence electrons. The van der Waals surface area contributed by atoms with Gasteiger partial charge in [-0.1, -0.05) is 60.0 Å².